The Labute approximate surface area is 206 Å². The molecule has 1 heterocycles. The number of methoxy groups -OCH3 is 2. The molecule has 1 aliphatic rings. The van der Waals surface area contributed by atoms with E-state index in [0.717, 1.165) is 0 Å². The van der Waals surface area contributed by atoms with E-state index in [9.17, 15) is 22.8 Å². The van der Waals surface area contributed by atoms with E-state index < -0.39 is 12.5 Å². The summed E-state index contributed by atoms with van der Waals surface area (Å²) in [6, 6.07) is 8.50. The van der Waals surface area contributed by atoms with Gasteiger partial charge in [0.15, 0.2) is 17.3 Å². The number of carbonyl (C=O) groups excluding carboxylic acids is 2. The molecule has 1 atom stereocenters. The van der Waals surface area contributed by atoms with Gasteiger partial charge < -0.3 is 28.6 Å². The molecule has 1 saturated heterocycles. The van der Waals surface area contributed by atoms with Gasteiger partial charge in [-0.05, 0) is 42.8 Å². The van der Waals surface area contributed by atoms with Crippen molar-refractivity contribution < 1.29 is 46.4 Å². The van der Waals surface area contributed by atoms with Crippen molar-refractivity contribution in [2.24, 2.45) is 0 Å². The van der Waals surface area contributed by atoms with Crippen LogP contribution < -0.4 is 18.9 Å². The Morgan fingerprint density at radius 2 is 1.92 bits per heavy atom. The molecule has 0 spiro atoms. The third kappa shape index (κ3) is 7.14. The summed E-state index contributed by atoms with van der Waals surface area (Å²) in [6.07, 6.45) is -2.61. The number of amides is 1. The zero-order chi connectivity index (χ0) is 26.3. The molecule has 1 fully saturated rings. The van der Waals surface area contributed by atoms with Gasteiger partial charge in [-0.15, -0.1) is 13.2 Å². The van der Waals surface area contributed by atoms with Gasteiger partial charge in [-0.2, -0.15) is 0 Å². The molecule has 1 aliphatic heterocycles. The minimum atomic E-state index is -4.80. The van der Waals surface area contributed by atoms with Crippen molar-refractivity contribution >= 4 is 17.8 Å². The van der Waals surface area contributed by atoms with E-state index in [4.69, 9.17) is 18.9 Å². The molecule has 36 heavy (non-hydrogen) atoms. The van der Waals surface area contributed by atoms with E-state index in [1.54, 1.807) is 23.1 Å². The number of ketones is 1. The summed E-state index contributed by atoms with van der Waals surface area (Å²) < 4.78 is 63.4. The second-order valence-electron chi connectivity index (χ2n) is 7.78. The number of hydrogen-bond donors (Lipinski definition) is 0. The summed E-state index contributed by atoms with van der Waals surface area (Å²) >= 11 is 0. The minimum Gasteiger partial charge on any atom is -0.493 e. The van der Waals surface area contributed by atoms with Crippen LogP contribution in [0.15, 0.2) is 42.5 Å². The molecule has 0 N–H and O–H groups in total. The molecule has 8 nitrogen and oxygen atoms in total. The first-order valence-electron chi connectivity index (χ1n) is 10.9. The third-order valence-corrected chi connectivity index (χ3v) is 5.25. The maximum absolute atomic E-state index is 12.7. The summed E-state index contributed by atoms with van der Waals surface area (Å²) in [4.78, 5) is 26.3. The lowest BCUT2D eigenvalue weighted by atomic mass is 10.1. The van der Waals surface area contributed by atoms with Crippen molar-refractivity contribution in [3.8, 4) is 23.0 Å². The molecule has 2 aromatic rings. The maximum atomic E-state index is 12.7. The Hall–Kier alpha value is -3.73. The van der Waals surface area contributed by atoms with Gasteiger partial charge in [-0.3, -0.25) is 9.59 Å². The molecule has 0 aromatic heterocycles. The van der Waals surface area contributed by atoms with Crippen LogP contribution in [0.3, 0.4) is 0 Å². The van der Waals surface area contributed by atoms with Gasteiger partial charge in [0.05, 0.1) is 32.9 Å². The van der Waals surface area contributed by atoms with E-state index >= 15 is 0 Å². The molecule has 0 radical (unpaired) electrons. The number of ether oxygens (including phenoxy) is 5. The molecular weight excluding hydrogens is 483 g/mol. The highest BCUT2D eigenvalue weighted by Gasteiger charge is 2.31. The molecule has 2 aromatic carbocycles. The monoisotopic (exact) mass is 509 g/mol. The molecular formula is C25H26F3NO7. The predicted molar refractivity (Wildman–Crippen MR) is 124 cm³/mol. The molecule has 0 saturated carbocycles. The highest BCUT2D eigenvalue weighted by molar-refractivity contribution is 5.98. The van der Waals surface area contributed by atoms with Gasteiger partial charge in [0.2, 0.25) is 11.7 Å². The molecule has 1 amide bonds. The average molecular weight is 509 g/mol. The number of Topliss-reactive ketones (excluding diaryl/α,β-unsaturated/α-hetero) is 1. The third-order valence-electron chi connectivity index (χ3n) is 5.25. The first kappa shape index (κ1) is 26.9. The number of morpholine rings is 1. The number of benzene rings is 2. The Morgan fingerprint density at radius 1 is 1.14 bits per heavy atom. The summed E-state index contributed by atoms with van der Waals surface area (Å²) in [5, 5.41) is 0. The van der Waals surface area contributed by atoms with Crippen LogP contribution in [0.4, 0.5) is 13.2 Å². The predicted octanol–water partition coefficient (Wildman–Crippen LogP) is 4.12. The largest absolute Gasteiger partial charge is 0.573 e. The fourth-order valence-corrected chi connectivity index (χ4v) is 3.60. The van der Waals surface area contributed by atoms with Crippen LogP contribution in [0.5, 0.6) is 23.0 Å². The van der Waals surface area contributed by atoms with Crippen LogP contribution in [0.25, 0.3) is 6.08 Å². The summed E-state index contributed by atoms with van der Waals surface area (Å²) in [7, 11) is 2.90. The van der Waals surface area contributed by atoms with Crippen molar-refractivity contribution in [3.63, 3.8) is 0 Å². The van der Waals surface area contributed by atoms with Crippen LogP contribution in [0.2, 0.25) is 0 Å². The summed E-state index contributed by atoms with van der Waals surface area (Å²) in [5.41, 5.74) is 0.691. The molecule has 194 valence electrons. The molecule has 1 unspecified atom stereocenters. The fourth-order valence-electron chi connectivity index (χ4n) is 3.60. The Morgan fingerprint density at radius 3 is 2.58 bits per heavy atom. The highest BCUT2D eigenvalue weighted by atomic mass is 19.4. The van der Waals surface area contributed by atoms with Crippen molar-refractivity contribution in [1.82, 2.24) is 4.90 Å². The second kappa shape index (κ2) is 11.8. The van der Waals surface area contributed by atoms with Gasteiger partial charge >= 0.3 is 6.36 Å². The quantitative estimate of drug-likeness (QED) is 0.371. The van der Waals surface area contributed by atoms with Gasteiger partial charge in [-0.1, -0.05) is 12.1 Å². The van der Waals surface area contributed by atoms with Gasteiger partial charge in [-0.25, -0.2) is 0 Å². The van der Waals surface area contributed by atoms with Gasteiger partial charge in [0.1, 0.15) is 18.5 Å². The Bertz CT molecular complexity index is 1120. The number of halogens is 3. The molecule has 0 bridgehead atoms. The van der Waals surface area contributed by atoms with Crippen LogP contribution in [-0.2, 0) is 9.53 Å². The molecule has 0 aliphatic carbocycles. The number of hydrogen-bond acceptors (Lipinski definition) is 7. The normalized spacial score (nSPS) is 16.1. The first-order chi connectivity index (χ1) is 17.1. The van der Waals surface area contributed by atoms with Gasteiger partial charge in [0, 0.05) is 12.6 Å². The average Bonchev–Trinajstić information content (AvgIpc) is 2.84. The lowest BCUT2D eigenvalue weighted by Crippen LogP contribution is -2.47. The summed E-state index contributed by atoms with van der Waals surface area (Å²) in [6.45, 7) is 2.24. The number of rotatable bonds is 9. The molecule has 11 heteroatoms. The standard InChI is InChI=1S/C25H26F3NO7/c1-16(30)20-8-9-21(32-2)24(33-3)23(20)35-15-19-14-29(11-12-34-19)22(31)10-7-17-5-4-6-18(13-17)36-25(26,27)28/h4-10,13,19H,11-12,14-15H2,1-3H3. The summed E-state index contributed by atoms with van der Waals surface area (Å²) in [5.74, 6) is -0.0471. The van der Waals surface area contributed by atoms with Crippen molar-refractivity contribution in [1.29, 1.82) is 0 Å². The van der Waals surface area contributed by atoms with E-state index in [-0.39, 0.29) is 48.7 Å². The van der Waals surface area contributed by atoms with E-state index in [2.05, 4.69) is 4.74 Å². The molecule has 3 rings (SSSR count). The SMILES string of the molecule is COc1ccc(C(C)=O)c(OCC2CN(C(=O)C=Cc3cccc(OC(F)(F)F)c3)CCO2)c1OC. The Kier molecular flexibility index (Phi) is 8.81. The minimum absolute atomic E-state index is 0.0358. The number of alkyl halides is 3. The van der Waals surface area contributed by atoms with Crippen LogP contribution >= 0.6 is 0 Å². The van der Waals surface area contributed by atoms with Crippen molar-refractivity contribution in [3.05, 3.63) is 53.6 Å². The number of carbonyl (C=O) groups is 2. The lowest BCUT2D eigenvalue weighted by Gasteiger charge is -2.32. The van der Waals surface area contributed by atoms with Gasteiger partial charge in [0.25, 0.3) is 0 Å². The van der Waals surface area contributed by atoms with Crippen LogP contribution in [0.1, 0.15) is 22.8 Å². The topological polar surface area (TPSA) is 83.5 Å². The van der Waals surface area contributed by atoms with Crippen LogP contribution in [-0.4, -0.2) is 69.6 Å². The van der Waals surface area contributed by atoms with Crippen molar-refractivity contribution in [2.45, 2.75) is 19.4 Å². The Balaban J connectivity index is 1.65. The smallest absolute Gasteiger partial charge is 0.493 e. The number of nitrogens with zero attached hydrogens (tertiary/aromatic N) is 1. The van der Waals surface area contributed by atoms with E-state index in [0.29, 0.717) is 23.4 Å². The van der Waals surface area contributed by atoms with Crippen molar-refractivity contribution in [2.75, 3.05) is 40.5 Å². The zero-order valence-electron chi connectivity index (χ0n) is 20.0. The first-order valence-corrected chi connectivity index (χ1v) is 10.9. The zero-order valence-corrected chi connectivity index (χ0v) is 20.0. The van der Waals surface area contributed by atoms with Crippen LogP contribution in [0, 0.1) is 0 Å². The maximum Gasteiger partial charge on any atom is 0.573 e. The highest BCUT2D eigenvalue weighted by Crippen LogP contribution is 2.40. The fraction of sp³-hybridized carbons (Fsp3) is 0.360. The lowest BCUT2D eigenvalue weighted by molar-refractivity contribution is -0.274. The second-order valence-corrected chi connectivity index (χ2v) is 7.78. The van der Waals surface area contributed by atoms with E-state index in [1.807, 2.05) is 0 Å². The van der Waals surface area contributed by atoms with E-state index in [1.165, 1.54) is 51.5 Å².